The summed E-state index contributed by atoms with van der Waals surface area (Å²) in [5, 5.41) is 0. The smallest absolute Gasteiger partial charge is 0.425 e. The molecule has 0 spiro atoms. The normalized spacial score (nSPS) is 12.0. The van der Waals surface area contributed by atoms with Gasteiger partial charge < -0.3 is 28.4 Å². The highest BCUT2D eigenvalue weighted by Crippen LogP contribution is 2.26. The molecule has 13 nitrogen and oxygen atoms in total. The van der Waals surface area contributed by atoms with Crippen molar-refractivity contribution in [3.05, 3.63) is 12.7 Å². The second-order valence-corrected chi connectivity index (χ2v) is 10.7. The van der Waals surface area contributed by atoms with Gasteiger partial charge in [-0.2, -0.15) is 4.90 Å². The SMILES string of the molecule is COCCOC(=O)CCN(C)CCCn1cnc2c(N(C(=O)OC(C)(C)C)C(=O)OC(C)(C)C)ncnc21. The van der Waals surface area contributed by atoms with Crippen molar-refractivity contribution in [2.24, 2.45) is 0 Å². The van der Waals surface area contributed by atoms with E-state index in [2.05, 4.69) is 15.0 Å². The van der Waals surface area contributed by atoms with Crippen LogP contribution in [0.2, 0.25) is 0 Å². The second-order valence-electron chi connectivity index (χ2n) is 10.7. The number of anilines is 1. The van der Waals surface area contributed by atoms with Crippen LogP contribution in [0.4, 0.5) is 15.4 Å². The van der Waals surface area contributed by atoms with Gasteiger partial charge in [0.15, 0.2) is 17.0 Å². The topological polar surface area (TPSA) is 138 Å². The molecule has 0 unspecified atom stereocenters. The molecule has 13 heteroatoms. The average Bonchev–Trinajstić information content (AvgIpc) is 3.19. The van der Waals surface area contributed by atoms with E-state index < -0.39 is 23.4 Å². The molecule has 2 rings (SSSR count). The fourth-order valence-corrected chi connectivity index (χ4v) is 3.27. The number of nitrogens with zero attached hydrogens (tertiary/aromatic N) is 6. The average molecular weight is 537 g/mol. The van der Waals surface area contributed by atoms with Crippen LogP contribution in [0, 0.1) is 0 Å². The van der Waals surface area contributed by atoms with Gasteiger partial charge in [-0.25, -0.2) is 24.5 Å². The molecule has 0 N–H and O–H groups in total. The molecule has 38 heavy (non-hydrogen) atoms. The largest absolute Gasteiger partial charge is 0.463 e. The summed E-state index contributed by atoms with van der Waals surface area (Å²) in [5.41, 5.74) is -0.988. The van der Waals surface area contributed by atoms with Crippen LogP contribution in [0.3, 0.4) is 0 Å². The Bertz CT molecular complexity index is 1060. The summed E-state index contributed by atoms with van der Waals surface area (Å²) in [6, 6.07) is 0. The maximum Gasteiger partial charge on any atom is 0.425 e. The number of amides is 2. The van der Waals surface area contributed by atoms with Gasteiger partial charge in [-0.15, -0.1) is 0 Å². The predicted molar refractivity (Wildman–Crippen MR) is 140 cm³/mol. The van der Waals surface area contributed by atoms with E-state index in [1.807, 2.05) is 16.5 Å². The summed E-state index contributed by atoms with van der Waals surface area (Å²) >= 11 is 0. The van der Waals surface area contributed by atoms with E-state index in [9.17, 15) is 14.4 Å². The lowest BCUT2D eigenvalue weighted by Gasteiger charge is -2.28. The lowest BCUT2D eigenvalue weighted by Crippen LogP contribution is -2.44. The number of imidazole rings is 1. The summed E-state index contributed by atoms with van der Waals surface area (Å²) in [4.78, 5) is 53.5. The van der Waals surface area contributed by atoms with Crippen LogP contribution in [0.1, 0.15) is 54.4 Å². The van der Waals surface area contributed by atoms with Crippen LogP contribution in [-0.4, -0.2) is 94.2 Å². The summed E-state index contributed by atoms with van der Waals surface area (Å²) in [5.74, 6) is -0.292. The fourth-order valence-electron chi connectivity index (χ4n) is 3.27. The quantitative estimate of drug-likeness (QED) is 0.237. The molecule has 212 valence electrons. The van der Waals surface area contributed by atoms with Crippen LogP contribution in [0.15, 0.2) is 12.7 Å². The molecule has 0 bridgehead atoms. The van der Waals surface area contributed by atoms with Crippen molar-refractivity contribution in [3.8, 4) is 0 Å². The fraction of sp³-hybridized carbons (Fsp3) is 0.680. The van der Waals surface area contributed by atoms with E-state index in [0.717, 1.165) is 11.3 Å². The molecule has 0 saturated heterocycles. The molecule has 0 saturated carbocycles. The zero-order chi connectivity index (χ0) is 28.5. The van der Waals surface area contributed by atoms with Crippen molar-refractivity contribution in [1.29, 1.82) is 0 Å². The van der Waals surface area contributed by atoms with Crippen molar-refractivity contribution in [3.63, 3.8) is 0 Å². The summed E-state index contributed by atoms with van der Waals surface area (Å²) in [7, 11) is 3.48. The van der Waals surface area contributed by atoms with Gasteiger partial charge in [0.1, 0.15) is 24.1 Å². The number of aryl methyl sites for hydroxylation is 1. The van der Waals surface area contributed by atoms with Gasteiger partial charge in [-0.3, -0.25) is 4.79 Å². The van der Waals surface area contributed by atoms with Crippen molar-refractivity contribution in [2.75, 3.05) is 45.4 Å². The van der Waals surface area contributed by atoms with E-state index in [0.29, 0.717) is 31.9 Å². The molecule has 0 aliphatic rings. The van der Waals surface area contributed by atoms with Crippen molar-refractivity contribution < 1.29 is 33.3 Å². The Labute approximate surface area is 223 Å². The Morgan fingerprint density at radius 1 is 0.921 bits per heavy atom. The molecule has 2 aromatic rings. The Hall–Kier alpha value is -3.32. The van der Waals surface area contributed by atoms with E-state index >= 15 is 0 Å². The third-order valence-corrected chi connectivity index (χ3v) is 4.93. The first-order chi connectivity index (χ1) is 17.7. The number of rotatable bonds is 11. The van der Waals surface area contributed by atoms with Gasteiger partial charge >= 0.3 is 18.2 Å². The van der Waals surface area contributed by atoms with E-state index in [4.69, 9.17) is 18.9 Å². The molecular weight excluding hydrogens is 496 g/mol. The maximum atomic E-state index is 13.0. The summed E-state index contributed by atoms with van der Waals surface area (Å²) in [6.45, 7) is 12.6. The lowest BCUT2D eigenvalue weighted by molar-refractivity contribution is -0.145. The zero-order valence-electron chi connectivity index (χ0n) is 23.6. The number of carbonyl (C=O) groups is 3. The Kier molecular flexibility index (Phi) is 11.0. The van der Waals surface area contributed by atoms with Crippen molar-refractivity contribution in [2.45, 2.75) is 72.1 Å². The van der Waals surface area contributed by atoms with Crippen molar-refractivity contribution in [1.82, 2.24) is 24.4 Å². The highest BCUT2D eigenvalue weighted by atomic mass is 16.6. The summed E-state index contributed by atoms with van der Waals surface area (Å²) in [6.07, 6.45) is 2.02. The molecule has 2 amide bonds. The van der Waals surface area contributed by atoms with E-state index in [-0.39, 0.29) is 30.3 Å². The summed E-state index contributed by atoms with van der Waals surface area (Å²) < 4.78 is 22.7. The molecular formula is C25H40N6O7. The molecule has 0 atom stereocenters. The van der Waals surface area contributed by atoms with Crippen LogP contribution in [0.25, 0.3) is 11.2 Å². The minimum Gasteiger partial charge on any atom is -0.463 e. The highest BCUT2D eigenvalue weighted by molar-refractivity contribution is 6.12. The van der Waals surface area contributed by atoms with Gasteiger partial charge in [-0.1, -0.05) is 0 Å². The first-order valence-corrected chi connectivity index (χ1v) is 12.5. The number of carbonyl (C=O) groups excluding carboxylic acids is 3. The van der Waals surface area contributed by atoms with Crippen LogP contribution in [0.5, 0.6) is 0 Å². The van der Waals surface area contributed by atoms with Crippen LogP contribution >= 0.6 is 0 Å². The zero-order valence-corrected chi connectivity index (χ0v) is 23.6. The Morgan fingerprint density at radius 2 is 1.55 bits per heavy atom. The Morgan fingerprint density at radius 3 is 2.13 bits per heavy atom. The molecule has 0 fully saturated rings. The molecule has 0 radical (unpaired) electrons. The van der Waals surface area contributed by atoms with Gasteiger partial charge in [0.05, 0.1) is 19.4 Å². The number of aromatic nitrogens is 4. The Balaban J connectivity index is 2.13. The number of fused-ring (bicyclic) bond motifs is 1. The lowest BCUT2D eigenvalue weighted by atomic mass is 10.2. The molecule has 2 aromatic heterocycles. The third kappa shape index (κ3) is 9.86. The minimum atomic E-state index is -0.927. The number of hydrogen-bond acceptors (Lipinski definition) is 11. The third-order valence-electron chi connectivity index (χ3n) is 4.93. The monoisotopic (exact) mass is 536 g/mol. The predicted octanol–water partition coefficient (Wildman–Crippen LogP) is 3.40. The highest BCUT2D eigenvalue weighted by Gasteiger charge is 2.35. The number of esters is 1. The number of ether oxygens (including phenoxy) is 4. The van der Waals surface area contributed by atoms with Crippen LogP contribution in [-0.2, 0) is 30.3 Å². The van der Waals surface area contributed by atoms with E-state index in [1.54, 1.807) is 55.0 Å². The van der Waals surface area contributed by atoms with Gasteiger partial charge in [-0.05, 0) is 61.6 Å². The standard InChI is InChI=1S/C25H40N6O7/c1-24(2,3)37-22(33)31(23(34)38-25(4,5)6)21-19-20(26-16-27-21)30(17-28-19)12-9-11-29(7)13-10-18(32)36-15-14-35-8/h16-17H,9-15H2,1-8H3. The molecule has 0 aliphatic carbocycles. The van der Waals surface area contributed by atoms with Crippen molar-refractivity contribution >= 4 is 35.1 Å². The van der Waals surface area contributed by atoms with Gasteiger partial charge in [0.2, 0.25) is 0 Å². The minimum absolute atomic E-state index is 0.0265. The number of hydrogen-bond donors (Lipinski definition) is 0. The van der Waals surface area contributed by atoms with Gasteiger partial charge in [0.25, 0.3) is 0 Å². The van der Waals surface area contributed by atoms with Crippen LogP contribution < -0.4 is 4.90 Å². The molecule has 2 heterocycles. The number of imide groups is 1. The second kappa shape index (κ2) is 13.5. The van der Waals surface area contributed by atoms with Gasteiger partial charge in [0, 0.05) is 20.2 Å². The molecule has 0 aromatic carbocycles. The van der Waals surface area contributed by atoms with E-state index in [1.165, 1.54) is 6.33 Å². The number of methoxy groups -OCH3 is 1. The first-order valence-electron chi connectivity index (χ1n) is 12.5. The first kappa shape index (κ1) is 30.9. The molecule has 0 aliphatic heterocycles. The maximum absolute atomic E-state index is 13.0.